The van der Waals surface area contributed by atoms with Gasteiger partial charge in [0.25, 0.3) is 0 Å². The topological polar surface area (TPSA) is 12.4 Å². The van der Waals surface area contributed by atoms with Crippen LogP contribution in [0.15, 0.2) is 29.8 Å². The van der Waals surface area contributed by atoms with Gasteiger partial charge in [-0.2, -0.15) is 0 Å². The minimum atomic E-state index is 0.203. The van der Waals surface area contributed by atoms with Crippen LogP contribution in [0, 0.1) is 0 Å². The number of hydrogen-bond acceptors (Lipinski definition) is 2. The number of rotatable bonds is 2. The zero-order valence-electron chi connectivity index (χ0n) is 13.6. The highest BCUT2D eigenvalue weighted by atomic mass is 35.5. The van der Waals surface area contributed by atoms with Gasteiger partial charge < -0.3 is 0 Å². The normalized spacial score (nSPS) is 20.0. The number of aliphatic imine (C=N–C) groups is 1. The molecule has 0 atom stereocenters. The number of thioether (sulfide) groups is 1. The third-order valence-electron chi connectivity index (χ3n) is 4.58. The van der Waals surface area contributed by atoms with Gasteiger partial charge in [0.15, 0.2) is 4.50 Å². The molecule has 2 rings (SSSR count). The van der Waals surface area contributed by atoms with Crippen molar-refractivity contribution in [1.29, 1.82) is 0 Å². The summed E-state index contributed by atoms with van der Waals surface area (Å²) in [5, 5.41) is 0. The summed E-state index contributed by atoms with van der Waals surface area (Å²) < 4.78 is 0.525. The highest BCUT2D eigenvalue weighted by Crippen LogP contribution is 2.46. The quantitative estimate of drug-likeness (QED) is 0.483. The molecule has 1 aromatic rings. The summed E-state index contributed by atoms with van der Waals surface area (Å²) in [4.78, 5) is 4.35. The maximum Gasteiger partial charge on any atom is 0.162 e. The second-order valence-electron chi connectivity index (χ2n) is 7.04. The molecular weight excluding hydrogens is 298 g/mol. The van der Waals surface area contributed by atoms with Gasteiger partial charge in [-0.1, -0.05) is 69.8 Å². The summed E-state index contributed by atoms with van der Waals surface area (Å²) in [6, 6.07) is 6.63. The monoisotopic (exact) mass is 321 g/mol. The molecule has 0 fully saturated rings. The van der Waals surface area contributed by atoms with E-state index in [1.165, 1.54) is 35.7 Å². The van der Waals surface area contributed by atoms with Crippen molar-refractivity contribution in [2.45, 2.75) is 51.4 Å². The molecule has 0 heterocycles. The Morgan fingerprint density at radius 3 is 2.29 bits per heavy atom. The predicted octanol–water partition coefficient (Wildman–Crippen LogP) is 5.96. The van der Waals surface area contributed by atoms with Crippen LogP contribution in [0.1, 0.15) is 57.2 Å². The summed E-state index contributed by atoms with van der Waals surface area (Å²) in [5.74, 6) is 0. The molecule has 0 saturated carbocycles. The molecule has 3 heteroatoms. The molecule has 0 amide bonds. The maximum atomic E-state index is 6.01. The highest BCUT2D eigenvalue weighted by molar-refractivity contribution is 8.16. The number of hydrogen-bond donors (Lipinski definition) is 0. The van der Waals surface area contributed by atoms with Crippen molar-refractivity contribution in [1.82, 2.24) is 0 Å². The second kappa shape index (κ2) is 5.81. The molecule has 0 saturated heterocycles. The zero-order chi connectivity index (χ0) is 15.8. The average Bonchev–Trinajstić information content (AvgIpc) is 2.43. The van der Waals surface area contributed by atoms with E-state index in [-0.39, 0.29) is 10.8 Å². The Bertz CT molecular complexity index is 599. The van der Waals surface area contributed by atoms with Gasteiger partial charge >= 0.3 is 0 Å². The Balaban J connectivity index is 2.49. The molecule has 0 aromatic heterocycles. The van der Waals surface area contributed by atoms with Gasteiger partial charge in [-0.05, 0) is 52.7 Å². The molecule has 1 nitrogen and oxygen atoms in total. The van der Waals surface area contributed by atoms with Crippen LogP contribution in [-0.4, -0.2) is 10.8 Å². The summed E-state index contributed by atoms with van der Waals surface area (Å²) in [6.45, 7) is 13.4. The fraction of sp³-hybridized carbons (Fsp3) is 0.500. The van der Waals surface area contributed by atoms with Crippen LogP contribution in [-0.2, 0) is 10.8 Å². The van der Waals surface area contributed by atoms with Crippen molar-refractivity contribution in [2.24, 2.45) is 4.99 Å². The molecule has 21 heavy (non-hydrogen) atoms. The molecule has 114 valence electrons. The third-order valence-corrected chi connectivity index (χ3v) is 5.55. The summed E-state index contributed by atoms with van der Waals surface area (Å²) in [7, 11) is 0. The predicted molar refractivity (Wildman–Crippen MR) is 97.6 cm³/mol. The molecule has 1 aliphatic rings. The Morgan fingerprint density at radius 2 is 1.71 bits per heavy atom. The van der Waals surface area contributed by atoms with Crippen LogP contribution in [0.25, 0.3) is 5.70 Å². The molecule has 1 aliphatic carbocycles. The number of benzene rings is 1. The molecule has 0 bridgehead atoms. The number of nitrogens with zero attached hydrogens (tertiary/aromatic N) is 1. The summed E-state index contributed by atoms with van der Waals surface area (Å²) in [5.41, 5.74) is 5.12. The van der Waals surface area contributed by atoms with Crippen molar-refractivity contribution >= 4 is 33.6 Å². The van der Waals surface area contributed by atoms with Gasteiger partial charge in [-0.3, -0.25) is 0 Å². The molecular formula is C18H24ClNS. The van der Waals surface area contributed by atoms with E-state index in [4.69, 9.17) is 11.6 Å². The van der Waals surface area contributed by atoms with Gasteiger partial charge in [0, 0.05) is 0 Å². The van der Waals surface area contributed by atoms with E-state index < -0.39 is 0 Å². The Labute approximate surface area is 137 Å². The van der Waals surface area contributed by atoms with E-state index in [1.54, 1.807) is 0 Å². The van der Waals surface area contributed by atoms with Gasteiger partial charge in [0.05, 0.1) is 5.70 Å². The van der Waals surface area contributed by atoms with Crippen molar-refractivity contribution < 1.29 is 0 Å². The van der Waals surface area contributed by atoms with Gasteiger partial charge in [-0.15, -0.1) is 0 Å². The maximum absolute atomic E-state index is 6.01. The van der Waals surface area contributed by atoms with Crippen LogP contribution < -0.4 is 0 Å². The molecule has 0 spiro atoms. The largest absolute Gasteiger partial charge is 0.230 e. The van der Waals surface area contributed by atoms with Crippen molar-refractivity contribution in [3.8, 4) is 0 Å². The number of halogens is 1. The summed E-state index contributed by atoms with van der Waals surface area (Å²) >= 11 is 7.44. The number of fused-ring (bicyclic) bond motifs is 1. The van der Waals surface area contributed by atoms with E-state index in [1.807, 2.05) is 6.26 Å². The van der Waals surface area contributed by atoms with Crippen LogP contribution in [0.5, 0.6) is 0 Å². The van der Waals surface area contributed by atoms with E-state index in [9.17, 15) is 0 Å². The Hall–Kier alpha value is -0.730. The van der Waals surface area contributed by atoms with Crippen LogP contribution in [0.2, 0.25) is 0 Å². The molecule has 0 N–H and O–H groups in total. The Morgan fingerprint density at radius 1 is 1.14 bits per heavy atom. The molecule has 0 radical (unpaired) electrons. The minimum absolute atomic E-state index is 0.203. The van der Waals surface area contributed by atoms with Gasteiger partial charge in [0.2, 0.25) is 0 Å². The lowest BCUT2D eigenvalue weighted by molar-refractivity contribution is 0.332. The second-order valence-corrected chi connectivity index (χ2v) is 8.42. The lowest BCUT2D eigenvalue weighted by Crippen LogP contribution is -2.33. The van der Waals surface area contributed by atoms with Crippen LogP contribution >= 0.6 is 23.4 Å². The zero-order valence-corrected chi connectivity index (χ0v) is 15.2. The average molecular weight is 322 g/mol. The highest BCUT2D eigenvalue weighted by Gasteiger charge is 2.36. The smallest absolute Gasteiger partial charge is 0.162 e. The van der Waals surface area contributed by atoms with E-state index in [2.05, 4.69) is 57.5 Å². The molecule has 1 aromatic carbocycles. The lowest BCUT2D eigenvalue weighted by Gasteiger charge is -2.42. The van der Waals surface area contributed by atoms with Crippen LogP contribution in [0.4, 0.5) is 0 Å². The molecule has 0 aliphatic heterocycles. The first-order valence-electron chi connectivity index (χ1n) is 7.30. The first-order valence-corrected chi connectivity index (χ1v) is 8.90. The van der Waals surface area contributed by atoms with E-state index >= 15 is 0 Å². The fourth-order valence-electron chi connectivity index (χ4n) is 2.98. The van der Waals surface area contributed by atoms with Gasteiger partial charge in [0.1, 0.15) is 0 Å². The Kier molecular flexibility index (Phi) is 4.60. The third kappa shape index (κ3) is 3.37. The van der Waals surface area contributed by atoms with E-state index in [0.717, 1.165) is 11.3 Å². The minimum Gasteiger partial charge on any atom is -0.230 e. The van der Waals surface area contributed by atoms with E-state index in [0.29, 0.717) is 4.50 Å². The first-order chi connectivity index (χ1) is 9.67. The first kappa shape index (κ1) is 16.6. The fourth-order valence-corrected chi connectivity index (χ4v) is 3.29. The standard InChI is InChI=1S/C18H24ClNS/c1-12(20-16(19)21-6)13-7-8-14-15(11-13)18(4,5)10-9-17(14,2)3/h7-8,11H,1,9-10H2,2-6H3. The summed E-state index contributed by atoms with van der Waals surface area (Å²) in [6.07, 6.45) is 4.35. The van der Waals surface area contributed by atoms with Crippen molar-refractivity contribution in [3.05, 3.63) is 41.5 Å². The van der Waals surface area contributed by atoms with Crippen LogP contribution in [0.3, 0.4) is 0 Å². The lowest BCUT2D eigenvalue weighted by atomic mass is 9.63. The SMILES string of the molecule is C=C(N=C(Cl)SC)c1ccc2c(c1)C(C)(C)CCC2(C)C. The van der Waals surface area contributed by atoms with Crippen molar-refractivity contribution in [2.75, 3.05) is 6.26 Å². The van der Waals surface area contributed by atoms with Crippen molar-refractivity contribution in [3.63, 3.8) is 0 Å². The molecule has 0 unspecified atom stereocenters. The van der Waals surface area contributed by atoms with Gasteiger partial charge in [-0.25, -0.2) is 4.99 Å².